The molecule has 0 unspecified atom stereocenters. The SMILES string of the molecule is O=C(NCCN1CCCC1)[C@@H]1NCCc2[nH]cnc21. The second kappa shape index (κ2) is 5.71. The molecule has 2 aliphatic heterocycles. The second-order valence-corrected chi connectivity index (χ2v) is 5.24. The Bertz CT molecular complexity index is 438. The Balaban J connectivity index is 1.51. The summed E-state index contributed by atoms with van der Waals surface area (Å²) in [4.78, 5) is 21.9. The van der Waals surface area contributed by atoms with Crippen LogP contribution in [0.4, 0.5) is 0 Å². The lowest BCUT2D eigenvalue weighted by Gasteiger charge is -2.23. The van der Waals surface area contributed by atoms with E-state index in [2.05, 4.69) is 25.5 Å². The van der Waals surface area contributed by atoms with Gasteiger partial charge in [0.1, 0.15) is 6.04 Å². The van der Waals surface area contributed by atoms with Crippen LogP contribution in [-0.4, -0.2) is 53.5 Å². The molecule has 0 radical (unpaired) electrons. The van der Waals surface area contributed by atoms with Crippen molar-refractivity contribution >= 4 is 5.91 Å². The summed E-state index contributed by atoms with van der Waals surface area (Å²) in [6.07, 6.45) is 5.15. The molecule has 6 heteroatoms. The van der Waals surface area contributed by atoms with E-state index in [1.54, 1.807) is 6.33 Å². The van der Waals surface area contributed by atoms with Crippen LogP contribution in [0, 0.1) is 0 Å². The maximum absolute atomic E-state index is 12.2. The predicted molar refractivity (Wildman–Crippen MR) is 71.7 cm³/mol. The van der Waals surface area contributed by atoms with Crippen molar-refractivity contribution in [3.8, 4) is 0 Å². The molecule has 0 spiro atoms. The van der Waals surface area contributed by atoms with Crippen LogP contribution in [0.5, 0.6) is 0 Å². The summed E-state index contributed by atoms with van der Waals surface area (Å²) >= 11 is 0. The number of nitrogens with zero attached hydrogens (tertiary/aromatic N) is 2. The normalized spacial score (nSPS) is 23.3. The molecular weight excluding hydrogens is 242 g/mol. The number of hydrogen-bond acceptors (Lipinski definition) is 4. The Morgan fingerprint density at radius 1 is 1.47 bits per heavy atom. The molecule has 3 rings (SSSR count). The van der Waals surface area contributed by atoms with Gasteiger partial charge in [0.25, 0.3) is 0 Å². The third-order valence-corrected chi connectivity index (χ3v) is 3.94. The van der Waals surface area contributed by atoms with Gasteiger partial charge >= 0.3 is 0 Å². The van der Waals surface area contributed by atoms with Gasteiger partial charge in [-0.25, -0.2) is 4.98 Å². The highest BCUT2D eigenvalue weighted by atomic mass is 16.2. The number of imidazole rings is 1. The summed E-state index contributed by atoms with van der Waals surface area (Å²) in [6, 6.07) is -0.298. The van der Waals surface area contributed by atoms with Gasteiger partial charge in [0.15, 0.2) is 0 Å². The molecule has 1 amide bonds. The van der Waals surface area contributed by atoms with Crippen LogP contribution >= 0.6 is 0 Å². The largest absolute Gasteiger partial charge is 0.353 e. The molecule has 3 N–H and O–H groups in total. The summed E-state index contributed by atoms with van der Waals surface area (Å²) in [5, 5.41) is 6.24. The van der Waals surface area contributed by atoms with Gasteiger partial charge in [-0.15, -0.1) is 0 Å². The number of likely N-dealkylation sites (tertiary alicyclic amines) is 1. The number of hydrogen-bond donors (Lipinski definition) is 3. The summed E-state index contributed by atoms with van der Waals surface area (Å²) in [7, 11) is 0. The molecule has 0 saturated carbocycles. The lowest BCUT2D eigenvalue weighted by Crippen LogP contribution is -2.43. The number of rotatable bonds is 4. The van der Waals surface area contributed by atoms with Gasteiger partial charge in [-0.3, -0.25) is 4.79 Å². The first-order valence-electron chi connectivity index (χ1n) is 7.10. The summed E-state index contributed by atoms with van der Waals surface area (Å²) in [5.74, 6) is 0.0345. The van der Waals surface area contributed by atoms with Gasteiger partial charge in [0, 0.05) is 31.7 Å². The van der Waals surface area contributed by atoms with Crippen LogP contribution in [0.25, 0.3) is 0 Å². The van der Waals surface area contributed by atoms with Gasteiger partial charge in [-0.05, 0) is 25.9 Å². The number of amides is 1. The Kier molecular flexibility index (Phi) is 3.79. The Hall–Kier alpha value is -1.40. The van der Waals surface area contributed by atoms with Crippen LogP contribution in [0.1, 0.15) is 30.3 Å². The maximum Gasteiger partial charge on any atom is 0.243 e. The Morgan fingerprint density at radius 2 is 2.32 bits per heavy atom. The molecule has 2 aliphatic rings. The third-order valence-electron chi connectivity index (χ3n) is 3.94. The zero-order valence-corrected chi connectivity index (χ0v) is 11.1. The van der Waals surface area contributed by atoms with E-state index in [4.69, 9.17) is 0 Å². The highest BCUT2D eigenvalue weighted by Gasteiger charge is 2.28. The average Bonchev–Trinajstić information content (AvgIpc) is 3.08. The van der Waals surface area contributed by atoms with Gasteiger partial charge < -0.3 is 20.5 Å². The fraction of sp³-hybridized carbons (Fsp3) is 0.692. The molecule has 1 aromatic heterocycles. The van der Waals surface area contributed by atoms with Crippen molar-refractivity contribution in [2.45, 2.75) is 25.3 Å². The molecule has 6 nitrogen and oxygen atoms in total. The van der Waals surface area contributed by atoms with Crippen LogP contribution in [0.3, 0.4) is 0 Å². The van der Waals surface area contributed by atoms with E-state index in [1.807, 2.05) is 0 Å². The third kappa shape index (κ3) is 2.79. The molecule has 1 fully saturated rings. The van der Waals surface area contributed by atoms with Crippen LogP contribution in [0.2, 0.25) is 0 Å². The zero-order chi connectivity index (χ0) is 13.1. The molecular formula is C13H21N5O. The van der Waals surface area contributed by atoms with Crippen LogP contribution < -0.4 is 10.6 Å². The summed E-state index contributed by atoms with van der Waals surface area (Å²) < 4.78 is 0. The lowest BCUT2D eigenvalue weighted by molar-refractivity contribution is -0.123. The summed E-state index contributed by atoms with van der Waals surface area (Å²) in [6.45, 7) is 4.82. The predicted octanol–water partition coefficient (Wildman–Crippen LogP) is -0.191. The van der Waals surface area contributed by atoms with Crippen molar-refractivity contribution < 1.29 is 4.79 Å². The number of aromatic amines is 1. The van der Waals surface area contributed by atoms with Gasteiger partial charge in [0.2, 0.25) is 5.91 Å². The van der Waals surface area contributed by atoms with E-state index >= 15 is 0 Å². The molecule has 0 bridgehead atoms. The highest BCUT2D eigenvalue weighted by Crippen LogP contribution is 2.18. The van der Waals surface area contributed by atoms with E-state index in [0.29, 0.717) is 0 Å². The van der Waals surface area contributed by atoms with Gasteiger partial charge in [-0.2, -0.15) is 0 Å². The van der Waals surface area contributed by atoms with Crippen LogP contribution in [-0.2, 0) is 11.2 Å². The molecule has 104 valence electrons. The minimum atomic E-state index is -0.298. The number of nitrogens with one attached hydrogen (secondary N) is 3. The quantitative estimate of drug-likeness (QED) is 0.704. The van der Waals surface area contributed by atoms with E-state index in [9.17, 15) is 4.79 Å². The standard InChI is InChI=1S/C13H21N5O/c19-13(15-5-8-18-6-1-2-7-18)12-11-10(3-4-14-12)16-9-17-11/h9,12,14H,1-8H2,(H,15,19)(H,16,17)/t12-/m1/s1. The maximum atomic E-state index is 12.2. The molecule has 1 atom stereocenters. The molecule has 1 aromatic rings. The minimum Gasteiger partial charge on any atom is -0.353 e. The first-order valence-corrected chi connectivity index (χ1v) is 7.10. The van der Waals surface area contributed by atoms with E-state index in [0.717, 1.165) is 37.4 Å². The minimum absolute atomic E-state index is 0.0345. The Labute approximate surface area is 113 Å². The zero-order valence-electron chi connectivity index (χ0n) is 11.1. The number of fused-ring (bicyclic) bond motifs is 1. The monoisotopic (exact) mass is 263 g/mol. The number of carbonyl (C=O) groups excluding carboxylic acids is 1. The summed E-state index contributed by atoms with van der Waals surface area (Å²) in [5.41, 5.74) is 1.93. The number of H-pyrrole nitrogens is 1. The topological polar surface area (TPSA) is 73.1 Å². The smallest absolute Gasteiger partial charge is 0.243 e. The Morgan fingerprint density at radius 3 is 3.16 bits per heavy atom. The van der Waals surface area contributed by atoms with E-state index < -0.39 is 0 Å². The van der Waals surface area contributed by atoms with Crippen molar-refractivity contribution in [1.29, 1.82) is 0 Å². The molecule has 1 saturated heterocycles. The van der Waals surface area contributed by atoms with Gasteiger partial charge in [-0.1, -0.05) is 0 Å². The first-order chi connectivity index (χ1) is 9.34. The van der Waals surface area contributed by atoms with Crippen LogP contribution in [0.15, 0.2) is 6.33 Å². The molecule has 3 heterocycles. The van der Waals surface area contributed by atoms with Crippen molar-refractivity contribution in [2.24, 2.45) is 0 Å². The molecule has 0 aliphatic carbocycles. The van der Waals surface area contributed by atoms with Gasteiger partial charge in [0.05, 0.1) is 12.0 Å². The molecule has 0 aromatic carbocycles. The fourth-order valence-corrected chi connectivity index (χ4v) is 2.88. The second-order valence-electron chi connectivity index (χ2n) is 5.24. The number of aromatic nitrogens is 2. The first kappa shape index (κ1) is 12.6. The van der Waals surface area contributed by atoms with Crippen molar-refractivity contribution in [2.75, 3.05) is 32.7 Å². The van der Waals surface area contributed by atoms with E-state index in [1.165, 1.54) is 25.9 Å². The number of carbonyl (C=O) groups is 1. The lowest BCUT2D eigenvalue weighted by atomic mass is 10.1. The fourth-order valence-electron chi connectivity index (χ4n) is 2.88. The van der Waals surface area contributed by atoms with Crippen molar-refractivity contribution in [1.82, 2.24) is 25.5 Å². The van der Waals surface area contributed by atoms with E-state index in [-0.39, 0.29) is 11.9 Å². The average molecular weight is 263 g/mol. The molecule has 19 heavy (non-hydrogen) atoms. The highest BCUT2D eigenvalue weighted by molar-refractivity contribution is 5.83. The van der Waals surface area contributed by atoms with Crippen molar-refractivity contribution in [3.63, 3.8) is 0 Å². The van der Waals surface area contributed by atoms with Crippen molar-refractivity contribution in [3.05, 3.63) is 17.7 Å².